The number of allylic oxidation sites excluding steroid dienone is 4. The van der Waals surface area contributed by atoms with Gasteiger partial charge in [0.25, 0.3) is 5.79 Å². The number of esters is 1. The van der Waals surface area contributed by atoms with Gasteiger partial charge in [-0.1, -0.05) is 57.4 Å². The summed E-state index contributed by atoms with van der Waals surface area (Å²) in [5.74, 6) is -2.81. The van der Waals surface area contributed by atoms with Gasteiger partial charge in [-0.2, -0.15) is 0 Å². The highest BCUT2D eigenvalue weighted by molar-refractivity contribution is 5.77. The zero-order valence-electron chi connectivity index (χ0n) is 18.6. The molecular formula is C24H42O5. The molecule has 0 radical (unpaired) electrons. The van der Waals surface area contributed by atoms with E-state index in [2.05, 4.69) is 29.9 Å². The standard InChI is InChI=1S/C24H42O5/c1-4-6-7-8-9-10-15-22-19(16-17-20(22)18-25)13-11-12-14-21(5-2)24(27,28)23(26)29-3/h10-12,15,19-22,25,27-28H,4-9,13-14,16-18H2,1-3H3/b12-11-,15-10+/t19-,20-,21?,22+/m0/s1. The van der Waals surface area contributed by atoms with Gasteiger partial charge >= 0.3 is 5.97 Å². The summed E-state index contributed by atoms with van der Waals surface area (Å²) < 4.78 is 4.50. The summed E-state index contributed by atoms with van der Waals surface area (Å²) in [5.41, 5.74) is 0. The first-order chi connectivity index (χ1) is 13.9. The number of ether oxygens (including phenoxy) is 1. The molecule has 1 rings (SSSR count). The molecule has 4 atom stereocenters. The predicted octanol–water partition coefficient (Wildman–Crippen LogP) is 4.36. The third-order valence-corrected chi connectivity index (χ3v) is 6.39. The van der Waals surface area contributed by atoms with Crippen molar-refractivity contribution in [1.82, 2.24) is 0 Å². The molecule has 0 spiro atoms. The zero-order chi connectivity index (χ0) is 21.7. The van der Waals surface area contributed by atoms with Crippen LogP contribution in [0.4, 0.5) is 0 Å². The molecule has 0 aliphatic heterocycles. The Hall–Kier alpha value is -1.17. The minimum atomic E-state index is -2.45. The van der Waals surface area contributed by atoms with Crippen molar-refractivity contribution in [2.24, 2.45) is 23.7 Å². The molecule has 0 heterocycles. The second kappa shape index (κ2) is 13.9. The van der Waals surface area contributed by atoms with Gasteiger partial charge in [0.05, 0.1) is 7.11 Å². The van der Waals surface area contributed by atoms with Gasteiger partial charge in [0.15, 0.2) is 0 Å². The van der Waals surface area contributed by atoms with E-state index in [0.29, 0.717) is 30.6 Å². The maximum atomic E-state index is 11.6. The van der Waals surface area contributed by atoms with Crippen LogP contribution in [-0.4, -0.2) is 40.8 Å². The first-order valence-corrected chi connectivity index (χ1v) is 11.4. The molecule has 0 aromatic heterocycles. The second-order valence-electron chi connectivity index (χ2n) is 8.40. The third kappa shape index (κ3) is 8.23. The highest BCUT2D eigenvalue weighted by atomic mass is 16.6. The van der Waals surface area contributed by atoms with E-state index in [9.17, 15) is 20.1 Å². The lowest BCUT2D eigenvalue weighted by Crippen LogP contribution is -2.46. The average Bonchev–Trinajstić information content (AvgIpc) is 3.11. The lowest BCUT2D eigenvalue weighted by molar-refractivity contribution is -0.225. The number of carbonyl (C=O) groups excluding carboxylic acids is 1. The molecule has 0 saturated heterocycles. The second-order valence-corrected chi connectivity index (χ2v) is 8.40. The summed E-state index contributed by atoms with van der Waals surface area (Å²) in [7, 11) is 1.15. The van der Waals surface area contributed by atoms with Crippen LogP contribution in [0.15, 0.2) is 24.3 Å². The Morgan fingerprint density at radius 2 is 1.83 bits per heavy atom. The van der Waals surface area contributed by atoms with E-state index < -0.39 is 17.7 Å². The maximum Gasteiger partial charge on any atom is 0.366 e. The van der Waals surface area contributed by atoms with E-state index >= 15 is 0 Å². The summed E-state index contributed by atoms with van der Waals surface area (Å²) in [6.45, 7) is 4.28. The highest BCUT2D eigenvalue weighted by Gasteiger charge is 2.41. The average molecular weight is 411 g/mol. The van der Waals surface area contributed by atoms with Crippen LogP contribution >= 0.6 is 0 Å². The fraction of sp³-hybridized carbons (Fsp3) is 0.792. The minimum Gasteiger partial charge on any atom is -0.465 e. The van der Waals surface area contributed by atoms with E-state index in [1.54, 1.807) is 0 Å². The van der Waals surface area contributed by atoms with Gasteiger partial charge in [-0.25, -0.2) is 4.79 Å². The van der Waals surface area contributed by atoms with Gasteiger partial charge in [-0.05, 0) is 62.7 Å². The summed E-state index contributed by atoms with van der Waals surface area (Å²) in [6, 6.07) is 0. The number of methoxy groups -OCH3 is 1. The van der Waals surface area contributed by atoms with Crippen molar-refractivity contribution in [2.75, 3.05) is 13.7 Å². The lowest BCUT2D eigenvalue weighted by atomic mass is 9.86. The lowest BCUT2D eigenvalue weighted by Gasteiger charge is -2.27. The van der Waals surface area contributed by atoms with Gasteiger partial charge in [0.2, 0.25) is 0 Å². The van der Waals surface area contributed by atoms with Crippen LogP contribution in [0, 0.1) is 23.7 Å². The number of aliphatic hydroxyl groups excluding tert-OH is 1. The molecule has 0 bridgehead atoms. The smallest absolute Gasteiger partial charge is 0.366 e. The van der Waals surface area contributed by atoms with Gasteiger partial charge < -0.3 is 20.1 Å². The molecule has 5 heteroatoms. The van der Waals surface area contributed by atoms with Crippen molar-refractivity contribution in [3.05, 3.63) is 24.3 Å². The van der Waals surface area contributed by atoms with E-state index in [-0.39, 0.29) is 6.61 Å². The minimum absolute atomic E-state index is 0.236. The highest BCUT2D eigenvalue weighted by Crippen LogP contribution is 2.40. The number of hydrogen-bond donors (Lipinski definition) is 3. The molecule has 1 saturated carbocycles. The number of unbranched alkanes of at least 4 members (excludes halogenated alkanes) is 4. The summed E-state index contributed by atoms with van der Waals surface area (Å²) in [5, 5.41) is 29.8. The van der Waals surface area contributed by atoms with Crippen LogP contribution in [0.3, 0.4) is 0 Å². The third-order valence-electron chi connectivity index (χ3n) is 6.39. The first kappa shape index (κ1) is 25.9. The van der Waals surface area contributed by atoms with Crippen LogP contribution in [0.1, 0.15) is 78.1 Å². The van der Waals surface area contributed by atoms with Gasteiger partial charge in [0, 0.05) is 12.5 Å². The predicted molar refractivity (Wildman–Crippen MR) is 116 cm³/mol. The van der Waals surface area contributed by atoms with Crippen molar-refractivity contribution in [3.8, 4) is 0 Å². The number of carbonyl (C=O) groups is 1. The number of rotatable bonds is 14. The molecule has 0 aromatic carbocycles. The monoisotopic (exact) mass is 410 g/mol. The quantitative estimate of drug-likeness (QED) is 0.171. The van der Waals surface area contributed by atoms with Crippen molar-refractivity contribution < 1.29 is 24.9 Å². The van der Waals surface area contributed by atoms with Gasteiger partial charge in [-0.3, -0.25) is 0 Å². The molecule has 1 unspecified atom stereocenters. The van der Waals surface area contributed by atoms with Crippen molar-refractivity contribution in [2.45, 2.75) is 83.8 Å². The molecule has 29 heavy (non-hydrogen) atoms. The molecule has 1 aliphatic carbocycles. The molecule has 0 amide bonds. The van der Waals surface area contributed by atoms with E-state index in [1.807, 2.05) is 13.0 Å². The van der Waals surface area contributed by atoms with E-state index in [0.717, 1.165) is 32.8 Å². The fourth-order valence-corrected chi connectivity index (χ4v) is 4.41. The molecule has 1 aliphatic rings. The van der Waals surface area contributed by atoms with Crippen molar-refractivity contribution in [1.29, 1.82) is 0 Å². The SMILES string of the molecule is CCCCCC/C=C/[C@H]1[C@H](CO)CC[C@@H]1C/C=C\CC(CC)C(O)(O)C(=O)OC. The normalized spacial score (nSPS) is 23.9. The Kier molecular flexibility index (Phi) is 12.4. The summed E-state index contributed by atoms with van der Waals surface area (Å²) in [6.07, 6.45) is 18.7. The molecular weight excluding hydrogens is 368 g/mol. The molecule has 168 valence electrons. The summed E-state index contributed by atoms with van der Waals surface area (Å²) >= 11 is 0. The zero-order valence-corrected chi connectivity index (χ0v) is 18.6. The number of aliphatic hydroxyl groups is 3. The van der Waals surface area contributed by atoms with Crippen molar-refractivity contribution in [3.63, 3.8) is 0 Å². The first-order valence-electron chi connectivity index (χ1n) is 11.4. The van der Waals surface area contributed by atoms with Crippen LogP contribution in [0.25, 0.3) is 0 Å². The van der Waals surface area contributed by atoms with Gasteiger partial charge in [-0.15, -0.1) is 0 Å². The Morgan fingerprint density at radius 3 is 2.45 bits per heavy atom. The van der Waals surface area contributed by atoms with Crippen molar-refractivity contribution >= 4 is 5.97 Å². The Balaban J connectivity index is 2.56. The van der Waals surface area contributed by atoms with Crippen LogP contribution in [0.5, 0.6) is 0 Å². The Morgan fingerprint density at radius 1 is 1.10 bits per heavy atom. The molecule has 0 aromatic rings. The van der Waals surface area contributed by atoms with Crippen LogP contribution in [-0.2, 0) is 9.53 Å². The molecule has 3 N–H and O–H groups in total. The van der Waals surface area contributed by atoms with Gasteiger partial charge in [0.1, 0.15) is 0 Å². The maximum absolute atomic E-state index is 11.6. The van der Waals surface area contributed by atoms with E-state index in [1.165, 1.54) is 25.7 Å². The Bertz CT molecular complexity index is 511. The fourth-order valence-electron chi connectivity index (χ4n) is 4.41. The summed E-state index contributed by atoms with van der Waals surface area (Å²) in [4.78, 5) is 11.6. The molecule has 1 fully saturated rings. The largest absolute Gasteiger partial charge is 0.465 e. The molecule has 5 nitrogen and oxygen atoms in total. The number of hydrogen-bond acceptors (Lipinski definition) is 5. The van der Waals surface area contributed by atoms with Crippen LogP contribution in [0.2, 0.25) is 0 Å². The topological polar surface area (TPSA) is 87.0 Å². The Labute approximate surface area is 176 Å². The van der Waals surface area contributed by atoms with E-state index in [4.69, 9.17) is 0 Å². The van der Waals surface area contributed by atoms with Crippen LogP contribution < -0.4 is 0 Å².